The predicted octanol–water partition coefficient (Wildman–Crippen LogP) is 3.54. The molecule has 1 aromatic rings. The Balaban J connectivity index is 3.23. The Hall–Kier alpha value is -0.260. The van der Waals surface area contributed by atoms with Crippen molar-refractivity contribution in [3.8, 4) is 0 Å². The van der Waals surface area contributed by atoms with Gasteiger partial charge < -0.3 is 0 Å². The molecule has 0 saturated carbocycles. The predicted molar refractivity (Wildman–Crippen MR) is 48.7 cm³/mol. The molecule has 0 amide bonds. The van der Waals surface area contributed by atoms with Crippen LogP contribution in [-0.4, -0.2) is 0 Å². The van der Waals surface area contributed by atoms with Gasteiger partial charge in [0.05, 0.1) is 5.56 Å². The summed E-state index contributed by atoms with van der Waals surface area (Å²) in [5.41, 5.74) is -0.547. The molecule has 0 aliphatic rings. The van der Waals surface area contributed by atoms with E-state index >= 15 is 0 Å². The average Bonchev–Trinajstić information content (AvgIpc) is 1.92. The van der Waals surface area contributed by atoms with E-state index in [1.165, 1.54) is 6.07 Å². The first kappa shape index (κ1) is 9.83. The van der Waals surface area contributed by atoms with Gasteiger partial charge in [-0.15, -0.1) is 0 Å². The highest BCUT2D eigenvalue weighted by atomic mass is 127. The molecule has 0 unspecified atom stereocenters. The third-order valence-corrected chi connectivity index (χ3v) is 2.07. The lowest BCUT2D eigenvalue weighted by molar-refractivity contribution is 0.0137. The highest BCUT2D eigenvalue weighted by Crippen LogP contribution is 2.29. The number of hydrogen-bond donors (Lipinski definition) is 0. The van der Waals surface area contributed by atoms with Crippen molar-refractivity contribution < 1.29 is 13.2 Å². The molecule has 0 aliphatic carbocycles. The minimum atomic E-state index is -3.11. The molecule has 0 atom stereocenters. The number of benzene rings is 1. The van der Waals surface area contributed by atoms with Gasteiger partial charge in [0, 0.05) is 10.5 Å². The van der Waals surface area contributed by atoms with Gasteiger partial charge in [0.2, 0.25) is 0 Å². The van der Waals surface area contributed by atoms with Crippen molar-refractivity contribution in [2.45, 2.75) is 12.8 Å². The van der Waals surface area contributed by atoms with Gasteiger partial charge in [0.15, 0.2) is 0 Å². The molecule has 1 aromatic carbocycles. The van der Waals surface area contributed by atoms with E-state index in [0.29, 0.717) is 10.5 Å². The van der Waals surface area contributed by atoms with Crippen molar-refractivity contribution in [2.75, 3.05) is 0 Å². The highest BCUT2D eigenvalue weighted by Gasteiger charge is 2.27. The lowest BCUT2D eigenvalue weighted by Gasteiger charge is -2.11. The number of hydrogen-bond acceptors (Lipinski definition) is 0. The minimum absolute atomic E-state index is 0.547. The van der Waals surface area contributed by atoms with E-state index in [-0.39, 0.29) is 0 Å². The molecule has 4 heteroatoms. The quantitative estimate of drug-likeness (QED) is 0.693. The van der Waals surface area contributed by atoms with Gasteiger partial charge in [-0.05, 0) is 40.8 Å². The Morgan fingerprint density at radius 3 is 2.33 bits per heavy atom. The van der Waals surface area contributed by atoms with Crippen LogP contribution in [0.5, 0.6) is 0 Å². The highest BCUT2D eigenvalue weighted by molar-refractivity contribution is 14.1. The Kier molecular flexibility index (Phi) is 2.65. The lowest BCUT2D eigenvalue weighted by Crippen LogP contribution is -2.09. The maximum Gasteiger partial charge on any atom is 0.273 e. The number of halogens is 4. The third-order valence-electron chi connectivity index (χ3n) is 1.40. The summed E-state index contributed by atoms with van der Waals surface area (Å²) in [6.07, 6.45) is 0. The summed E-state index contributed by atoms with van der Waals surface area (Å²) >= 11 is 1.86. The maximum atomic E-state index is 12.8. The van der Waals surface area contributed by atoms with Crippen LogP contribution in [0.2, 0.25) is 0 Å². The molecule has 0 fully saturated rings. The van der Waals surface area contributed by atoms with Crippen LogP contribution in [0, 0.1) is 9.39 Å². The Morgan fingerprint density at radius 1 is 1.33 bits per heavy atom. The van der Waals surface area contributed by atoms with Crippen LogP contribution in [0.25, 0.3) is 0 Å². The molecule has 0 saturated heterocycles. The van der Waals surface area contributed by atoms with Gasteiger partial charge in [-0.1, -0.05) is 0 Å². The molecule has 0 nitrogen and oxygen atoms in total. The van der Waals surface area contributed by atoms with Gasteiger partial charge in [0.1, 0.15) is 5.82 Å². The Bertz CT molecular complexity index is 291. The van der Waals surface area contributed by atoms with E-state index in [1.54, 1.807) is 0 Å². The van der Waals surface area contributed by atoms with E-state index in [4.69, 9.17) is 0 Å². The molecule has 66 valence electrons. The summed E-state index contributed by atoms with van der Waals surface area (Å²) in [6.45, 7) is 0.682. The molecule has 12 heavy (non-hydrogen) atoms. The topological polar surface area (TPSA) is 0 Å². The Morgan fingerprint density at radius 2 is 1.92 bits per heavy atom. The zero-order chi connectivity index (χ0) is 9.35. The first-order chi connectivity index (χ1) is 5.41. The van der Waals surface area contributed by atoms with Gasteiger partial charge in [-0.25, -0.2) is 13.2 Å². The standard InChI is InChI=1S/C8H6F3I/c1-8(10,11)6-4-5(12)2-3-7(6)9/h2-4H,1H3. The zero-order valence-corrected chi connectivity index (χ0v) is 8.40. The van der Waals surface area contributed by atoms with E-state index in [2.05, 4.69) is 0 Å². The van der Waals surface area contributed by atoms with Crippen molar-refractivity contribution in [2.24, 2.45) is 0 Å². The van der Waals surface area contributed by atoms with Gasteiger partial charge in [0.25, 0.3) is 5.92 Å². The molecule has 0 N–H and O–H groups in total. The van der Waals surface area contributed by atoms with Gasteiger partial charge >= 0.3 is 0 Å². The van der Waals surface area contributed by atoms with Crippen LogP contribution in [0.3, 0.4) is 0 Å². The molecular formula is C8H6F3I. The van der Waals surface area contributed by atoms with Crippen LogP contribution in [0.1, 0.15) is 12.5 Å². The van der Waals surface area contributed by atoms with Crippen molar-refractivity contribution in [1.29, 1.82) is 0 Å². The second-order valence-electron chi connectivity index (χ2n) is 2.51. The molecular weight excluding hydrogens is 280 g/mol. The normalized spacial score (nSPS) is 11.8. The fraction of sp³-hybridized carbons (Fsp3) is 0.250. The number of rotatable bonds is 1. The van der Waals surface area contributed by atoms with Crippen molar-refractivity contribution in [3.63, 3.8) is 0 Å². The second kappa shape index (κ2) is 3.24. The van der Waals surface area contributed by atoms with Crippen molar-refractivity contribution >= 4 is 22.6 Å². The summed E-state index contributed by atoms with van der Waals surface area (Å²) in [7, 11) is 0. The molecule has 0 bridgehead atoms. The van der Waals surface area contributed by atoms with E-state index in [9.17, 15) is 13.2 Å². The molecule has 0 aliphatic heterocycles. The van der Waals surface area contributed by atoms with Crippen LogP contribution < -0.4 is 0 Å². The fourth-order valence-electron chi connectivity index (χ4n) is 0.834. The van der Waals surface area contributed by atoms with Crippen LogP contribution in [0.4, 0.5) is 13.2 Å². The second-order valence-corrected chi connectivity index (χ2v) is 3.76. The molecule has 0 spiro atoms. The van der Waals surface area contributed by atoms with Gasteiger partial charge in [-0.3, -0.25) is 0 Å². The fourth-order valence-corrected chi connectivity index (χ4v) is 1.33. The van der Waals surface area contributed by atoms with E-state index in [1.807, 2.05) is 22.6 Å². The summed E-state index contributed by atoms with van der Waals surface area (Å²) in [5.74, 6) is -3.96. The minimum Gasteiger partial charge on any atom is -0.206 e. The van der Waals surface area contributed by atoms with Crippen molar-refractivity contribution in [3.05, 3.63) is 33.1 Å². The first-order valence-corrected chi connectivity index (χ1v) is 4.32. The first-order valence-electron chi connectivity index (χ1n) is 3.24. The van der Waals surface area contributed by atoms with Crippen LogP contribution in [0.15, 0.2) is 18.2 Å². The smallest absolute Gasteiger partial charge is 0.206 e. The van der Waals surface area contributed by atoms with Gasteiger partial charge in [-0.2, -0.15) is 0 Å². The largest absolute Gasteiger partial charge is 0.273 e. The summed E-state index contributed by atoms with van der Waals surface area (Å²) in [6, 6.07) is 3.65. The van der Waals surface area contributed by atoms with E-state index < -0.39 is 17.3 Å². The van der Waals surface area contributed by atoms with Crippen molar-refractivity contribution in [1.82, 2.24) is 0 Å². The van der Waals surface area contributed by atoms with E-state index in [0.717, 1.165) is 12.1 Å². The lowest BCUT2D eigenvalue weighted by atomic mass is 10.1. The SMILES string of the molecule is CC(F)(F)c1cc(I)ccc1F. The monoisotopic (exact) mass is 286 g/mol. The van der Waals surface area contributed by atoms with Crippen LogP contribution >= 0.6 is 22.6 Å². The average molecular weight is 286 g/mol. The molecule has 1 rings (SSSR count). The molecule has 0 aromatic heterocycles. The zero-order valence-electron chi connectivity index (χ0n) is 6.24. The third kappa shape index (κ3) is 2.12. The summed E-state index contributed by atoms with van der Waals surface area (Å²) < 4.78 is 38.7. The molecule has 0 heterocycles. The summed E-state index contributed by atoms with van der Waals surface area (Å²) in [4.78, 5) is 0. The maximum absolute atomic E-state index is 12.8. The summed E-state index contributed by atoms with van der Waals surface area (Å²) in [5, 5.41) is 0. The molecule has 0 radical (unpaired) electrons. The Labute approximate surface area is 81.9 Å². The van der Waals surface area contributed by atoms with Crippen LogP contribution in [-0.2, 0) is 5.92 Å². The number of alkyl halides is 2.